The topological polar surface area (TPSA) is 87.1 Å². The first-order valence-corrected chi connectivity index (χ1v) is 10.1. The Balaban J connectivity index is 1.98. The molecule has 6 heteroatoms. The molecule has 1 fully saturated rings. The van der Waals surface area contributed by atoms with E-state index in [0.717, 1.165) is 5.56 Å². The molecule has 0 bridgehead atoms. The fourth-order valence-corrected chi connectivity index (χ4v) is 4.11. The molecule has 1 aliphatic heterocycles. The van der Waals surface area contributed by atoms with Gasteiger partial charge in [0.05, 0.1) is 24.4 Å². The van der Waals surface area contributed by atoms with E-state index >= 15 is 0 Å². The number of aliphatic hydroxyl groups is 1. The minimum Gasteiger partial charge on any atom is -0.507 e. The number of anilines is 1. The molecule has 3 aromatic rings. The number of nitrogens with zero attached hydrogens (tertiary/aromatic N) is 1. The Hall–Kier alpha value is -4.06. The van der Waals surface area contributed by atoms with E-state index in [4.69, 9.17) is 4.74 Å². The van der Waals surface area contributed by atoms with Gasteiger partial charge >= 0.3 is 0 Å². The first-order valence-electron chi connectivity index (χ1n) is 10.1. The van der Waals surface area contributed by atoms with E-state index in [1.807, 2.05) is 13.0 Å². The Bertz CT molecular complexity index is 1250. The number of para-hydroxylation sites is 2. The average Bonchev–Trinajstić information content (AvgIpc) is 3.06. The van der Waals surface area contributed by atoms with Gasteiger partial charge in [0, 0.05) is 5.56 Å². The van der Waals surface area contributed by atoms with Gasteiger partial charge in [-0.2, -0.15) is 0 Å². The number of phenols is 1. The summed E-state index contributed by atoms with van der Waals surface area (Å²) in [6.07, 6.45) is 0. The van der Waals surface area contributed by atoms with Crippen molar-refractivity contribution in [2.24, 2.45) is 0 Å². The van der Waals surface area contributed by atoms with Crippen LogP contribution in [0.2, 0.25) is 0 Å². The Morgan fingerprint density at radius 3 is 2.25 bits per heavy atom. The zero-order valence-corrected chi connectivity index (χ0v) is 18.0. The van der Waals surface area contributed by atoms with Gasteiger partial charge in [-0.25, -0.2) is 0 Å². The van der Waals surface area contributed by atoms with Gasteiger partial charge in [-0.15, -0.1) is 0 Å². The standard InChI is InChI=1S/C26H23NO5/c1-15-14-21(32-3)16(2)13-18(15)24(29)22-23(17-9-5-4-6-10-17)27(26(31)25(22)30)19-11-7-8-12-20(19)28/h4-14,23,28-29H,1-3H3/b24-22+. The summed E-state index contributed by atoms with van der Waals surface area (Å²) in [5.74, 6) is -1.37. The second-order valence-electron chi connectivity index (χ2n) is 7.71. The summed E-state index contributed by atoms with van der Waals surface area (Å²) in [7, 11) is 1.56. The number of phenolic OH excluding ortho intramolecular Hbond substituents is 1. The maximum Gasteiger partial charge on any atom is 0.300 e. The minimum absolute atomic E-state index is 0.0304. The van der Waals surface area contributed by atoms with Crippen LogP contribution in [0, 0.1) is 13.8 Å². The first-order chi connectivity index (χ1) is 15.3. The van der Waals surface area contributed by atoms with Crippen LogP contribution in [0.1, 0.15) is 28.3 Å². The zero-order chi connectivity index (χ0) is 23.0. The van der Waals surface area contributed by atoms with Crippen molar-refractivity contribution >= 4 is 23.1 Å². The highest BCUT2D eigenvalue weighted by Crippen LogP contribution is 2.45. The molecule has 0 saturated carbocycles. The van der Waals surface area contributed by atoms with Crippen molar-refractivity contribution in [3.8, 4) is 11.5 Å². The molecule has 0 spiro atoms. The monoisotopic (exact) mass is 429 g/mol. The highest BCUT2D eigenvalue weighted by Gasteiger charge is 2.47. The van der Waals surface area contributed by atoms with Crippen LogP contribution in [-0.4, -0.2) is 29.0 Å². The van der Waals surface area contributed by atoms with E-state index in [9.17, 15) is 19.8 Å². The maximum atomic E-state index is 13.2. The number of Topliss-reactive ketones (excluding diaryl/α,β-unsaturated/α-hetero) is 1. The van der Waals surface area contributed by atoms with Gasteiger partial charge in [0.25, 0.3) is 11.7 Å². The van der Waals surface area contributed by atoms with E-state index in [2.05, 4.69) is 0 Å². The number of carbonyl (C=O) groups excluding carboxylic acids is 2. The summed E-state index contributed by atoms with van der Waals surface area (Å²) < 4.78 is 5.35. The normalized spacial score (nSPS) is 17.6. The van der Waals surface area contributed by atoms with E-state index in [1.54, 1.807) is 68.6 Å². The summed E-state index contributed by atoms with van der Waals surface area (Å²) >= 11 is 0. The molecule has 1 unspecified atom stereocenters. The second-order valence-corrected chi connectivity index (χ2v) is 7.71. The molecule has 4 rings (SSSR count). The van der Waals surface area contributed by atoms with Crippen molar-refractivity contribution in [3.05, 3.63) is 94.6 Å². The number of hydrogen-bond donors (Lipinski definition) is 2. The van der Waals surface area contributed by atoms with Gasteiger partial charge < -0.3 is 14.9 Å². The van der Waals surface area contributed by atoms with Crippen molar-refractivity contribution in [1.82, 2.24) is 0 Å². The Morgan fingerprint density at radius 2 is 1.59 bits per heavy atom. The zero-order valence-electron chi connectivity index (χ0n) is 18.0. The predicted octanol–water partition coefficient (Wildman–Crippen LogP) is 4.64. The number of rotatable bonds is 4. The lowest BCUT2D eigenvalue weighted by Gasteiger charge is -2.26. The van der Waals surface area contributed by atoms with Crippen LogP contribution >= 0.6 is 0 Å². The molecule has 1 saturated heterocycles. The number of aryl methyl sites for hydroxylation is 2. The summed E-state index contributed by atoms with van der Waals surface area (Å²) in [5.41, 5.74) is 2.73. The third-order valence-corrected chi connectivity index (χ3v) is 5.70. The van der Waals surface area contributed by atoms with Gasteiger partial charge in [0.1, 0.15) is 17.3 Å². The van der Waals surface area contributed by atoms with Crippen LogP contribution in [0.5, 0.6) is 11.5 Å². The number of amides is 1. The number of carbonyl (C=O) groups is 2. The van der Waals surface area contributed by atoms with Crippen molar-refractivity contribution in [2.75, 3.05) is 12.0 Å². The van der Waals surface area contributed by atoms with E-state index in [-0.39, 0.29) is 22.8 Å². The molecule has 0 aromatic heterocycles. The second kappa shape index (κ2) is 8.23. The molecule has 0 aliphatic carbocycles. The Labute approximate surface area is 186 Å². The van der Waals surface area contributed by atoms with Crippen molar-refractivity contribution in [2.45, 2.75) is 19.9 Å². The highest BCUT2D eigenvalue weighted by atomic mass is 16.5. The van der Waals surface area contributed by atoms with Crippen LogP contribution in [0.15, 0.2) is 72.3 Å². The molecular formula is C26H23NO5. The fourth-order valence-electron chi connectivity index (χ4n) is 4.11. The Morgan fingerprint density at radius 1 is 0.938 bits per heavy atom. The highest BCUT2D eigenvalue weighted by molar-refractivity contribution is 6.52. The van der Waals surface area contributed by atoms with Crippen molar-refractivity contribution in [3.63, 3.8) is 0 Å². The molecular weight excluding hydrogens is 406 g/mol. The summed E-state index contributed by atoms with van der Waals surface area (Å²) in [4.78, 5) is 27.6. The van der Waals surface area contributed by atoms with Crippen molar-refractivity contribution < 1.29 is 24.5 Å². The third-order valence-electron chi connectivity index (χ3n) is 5.70. The number of ketones is 1. The van der Waals surface area contributed by atoms with Crippen LogP contribution in [0.25, 0.3) is 5.76 Å². The predicted molar refractivity (Wildman–Crippen MR) is 122 cm³/mol. The molecule has 0 radical (unpaired) electrons. The van der Waals surface area contributed by atoms with Gasteiger partial charge in [0.15, 0.2) is 0 Å². The lowest BCUT2D eigenvalue weighted by atomic mass is 9.93. The third kappa shape index (κ3) is 3.39. The lowest BCUT2D eigenvalue weighted by molar-refractivity contribution is -0.132. The molecule has 1 aliphatic rings. The molecule has 1 amide bonds. The van der Waals surface area contributed by atoms with Gasteiger partial charge in [-0.1, -0.05) is 42.5 Å². The summed E-state index contributed by atoms with van der Waals surface area (Å²) in [6.45, 7) is 3.64. The van der Waals surface area contributed by atoms with Crippen LogP contribution < -0.4 is 9.64 Å². The summed E-state index contributed by atoms with van der Waals surface area (Å²) in [6, 6.07) is 17.9. The SMILES string of the molecule is COc1cc(C)c(/C(O)=C2\C(=O)C(=O)N(c3ccccc3O)C2c2ccccc2)cc1C. The maximum absolute atomic E-state index is 13.2. The summed E-state index contributed by atoms with van der Waals surface area (Å²) in [5, 5.41) is 21.7. The van der Waals surface area contributed by atoms with E-state index < -0.39 is 17.7 Å². The van der Waals surface area contributed by atoms with Crippen LogP contribution in [-0.2, 0) is 9.59 Å². The van der Waals surface area contributed by atoms with Gasteiger partial charge in [-0.05, 0) is 54.8 Å². The smallest absolute Gasteiger partial charge is 0.300 e. The molecule has 1 heterocycles. The Kier molecular flexibility index (Phi) is 5.45. The minimum atomic E-state index is -0.897. The molecule has 6 nitrogen and oxygen atoms in total. The molecule has 1 atom stereocenters. The largest absolute Gasteiger partial charge is 0.507 e. The number of aromatic hydroxyl groups is 1. The van der Waals surface area contributed by atoms with E-state index in [1.165, 1.54) is 11.0 Å². The number of aliphatic hydroxyl groups excluding tert-OH is 1. The lowest BCUT2D eigenvalue weighted by Crippen LogP contribution is -2.29. The number of benzene rings is 3. The quantitative estimate of drug-likeness (QED) is 0.358. The van der Waals surface area contributed by atoms with E-state index in [0.29, 0.717) is 22.4 Å². The van der Waals surface area contributed by atoms with Gasteiger partial charge in [-0.3, -0.25) is 14.5 Å². The van der Waals surface area contributed by atoms with Gasteiger partial charge in [0.2, 0.25) is 0 Å². The molecule has 32 heavy (non-hydrogen) atoms. The number of methoxy groups -OCH3 is 1. The average molecular weight is 429 g/mol. The fraction of sp³-hybridized carbons (Fsp3) is 0.154. The molecule has 162 valence electrons. The number of ether oxygens (including phenoxy) is 1. The van der Waals surface area contributed by atoms with Crippen LogP contribution in [0.4, 0.5) is 5.69 Å². The van der Waals surface area contributed by atoms with Crippen LogP contribution in [0.3, 0.4) is 0 Å². The van der Waals surface area contributed by atoms with Crippen molar-refractivity contribution in [1.29, 1.82) is 0 Å². The number of hydrogen-bond acceptors (Lipinski definition) is 5. The first kappa shape index (κ1) is 21.2. The molecule has 2 N–H and O–H groups in total. The molecule has 3 aromatic carbocycles.